The van der Waals surface area contributed by atoms with Gasteiger partial charge in [-0.2, -0.15) is 20.1 Å². The van der Waals surface area contributed by atoms with E-state index in [1.165, 1.54) is 0 Å². The molecule has 0 amide bonds. The molecule has 0 saturated heterocycles. The van der Waals surface area contributed by atoms with Crippen molar-refractivity contribution in [2.45, 2.75) is 18.1 Å². The number of thioether (sulfide) groups is 1. The fourth-order valence-electron chi connectivity index (χ4n) is 1.29. The quantitative estimate of drug-likeness (QED) is 0.845. The third kappa shape index (κ3) is 4.05. The van der Waals surface area contributed by atoms with Gasteiger partial charge in [0, 0.05) is 11.1 Å². The van der Waals surface area contributed by atoms with Gasteiger partial charge < -0.3 is 9.73 Å². The molecule has 1 N–H and O–H groups in total. The molecule has 0 bridgehead atoms. The summed E-state index contributed by atoms with van der Waals surface area (Å²) in [6.07, 6.45) is 0. The van der Waals surface area contributed by atoms with Crippen LogP contribution < -0.4 is 5.32 Å². The predicted octanol–water partition coefficient (Wildman–Crippen LogP) is 4.41. The molecule has 2 heterocycles. The summed E-state index contributed by atoms with van der Waals surface area (Å²) in [6.45, 7) is 0.566. The van der Waals surface area contributed by atoms with E-state index in [0.29, 0.717) is 24.1 Å². The molecule has 0 saturated carbocycles. The van der Waals surface area contributed by atoms with E-state index in [4.69, 9.17) is 4.42 Å². The zero-order valence-electron chi connectivity index (χ0n) is 8.86. The topological polar surface area (TPSA) is 25.2 Å². The molecule has 0 unspecified atom stereocenters. The SMILES string of the molecule is FC(F)SCc1ccc(CNc2ccsc2)o1. The van der Waals surface area contributed by atoms with Crippen molar-refractivity contribution in [1.82, 2.24) is 0 Å². The average Bonchev–Trinajstić information content (AvgIpc) is 2.95. The van der Waals surface area contributed by atoms with Crippen LogP contribution in [-0.2, 0) is 12.3 Å². The van der Waals surface area contributed by atoms with Crippen LogP contribution in [-0.4, -0.2) is 5.76 Å². The smallest absolute Gasteiger partial charge is 0.284 e. The highest BCUT2D eigenvalue weighted by Gasteiger charge is 2.07. The number of rotatable bonds is 6. The molecule has 0 radical (unpaired) electrons. The van der Waals surface area contributed by atoms with Crippen molar-refractivity contribution >= 4 is 28.8 Å². The summed E-state index contributed by atoms with van der Waals surface area (Å²) in [5.74, 6) is -0.818. The number of hydrogen-bond donors (Lipinski definition) is 1. The van der Waals surface area contributed by atoms with Crippen LogP contribution in [0.4, 0.5) is 14.5 Å². The van der Waals surface area contributed by atoms with Crippen molar-refractivity contribution in [1.29, 1.82) is 0 Å². The summed E-state index contributed by atoms with van der Waals surface area (Å²) >= 11 is 2.18. The number of furan rings is 1. The molecule has 2 aromatic heterocycles. The van der Waals surface area contributed by atoms with Crippen LogP contribution in [0.2, 0.25) is 0 Å². The predicted molar refractivity (Wildman–Crippen MR) is 67.7 cm³/mol. The largest absolute Gasteiger partial charge is 0.463 e. The first-order valence-electron chi connectivity index (χ1n) is 4.97. The van der Waals surface area contributed by atoms with Crippen LogP contribution in [0, 0.1) is 0 Å². The minimum Gasteiger partial charge on any atom is -0.463 e. The third-order valence-electron chi connectivity index (χ3n) is 2.06. The molecule has 0 aliphatic carbocycles. The van der Waals surface area contributed by atoms with E-state index in [1.54, 1.807) is 23.5 Å². The van der Waals surface area contributed by atoms with Gasteiger partial charge in [-0.1, -0.05) is 11.8 Å². The minimum absolute atomic E-state index is 0.204. The van der Waals surface area contributed by atoms with Gasteiger partial charge in [0.15, 0.2) is 0 Å². The lowest BCUT2D eigenvalue weighted by atomic mass is 10.4. The van der Waals surface area contributed by atoms with Crippen LogP contribution in [0.15, 0.2) is 33.4 Å². The highest BCUT2D eigenvalue weighted by atomic mass is 32.2. The van der Waals surface area contributed by atoms with E-state index in [9.17, 15) is 8.78 Å². The molecular weight excluding hydrogens is 264 g/mol. The van der Waals surface area contributed by atoms with E-state index in [0.717, 1.165) is 11.4 Å². The monoisotopic (exact) mass is 275 g/mol. The molecule has 0 spiro atoms. The Morgan fingerprint density at radius 2 is 2.12 bits per heavy atom. The van der Waals surface area contributed by atoms with Gasteiger partial charge in [0.25, 0.3) is 5.76 Å². The van der Waals surface area contributed by atoms with Gasteiger partial charge in [0.1, 0.15) is 11.5 Å². The van der Waals surface area contributed by atoms with Crippen molar-refractivity contribution in [2.24, 2.45) is 0 Å². The minimum atomic E-state index is -2.35. The molecule has 0 aliphatic rings. The molecular formula is C11H11F2NOS2. The Morgan fingerprint density at radius 3 is 2.82 bits per heavy atom. The van der Waals surface area contributed by atoms with Gasteiger partial charge >= 0.3 is 0 Å². The van der Waals surface area contributed by atoms with Crippen LogP contribution in [0.1, 0.15) is 11.5 Å². The van der Waals surface area contributed by atoms with Gasteiger partial charge in [0.05, 0.1) is 12.3 Å². The molecule has 17 heavy (non-hydrogen) atoms. The van der Waals surface area contributed by atoms with E-state index in [-0.39, 0.29) is 5.75 Å². The first-order chi connectivity index (χ1) is 8.24. The number of alkyl halides is 2. The van der Waals surface area contributed by atoms with Gasteiger partial charge in [-0.25, -0.2) is 0 Å². The normalized spacial score (nSPS) is 11.0. The van der Waals surface area contributed by atoms with Gasteiger partial charge in [-0.05, 0) is 23.6 Å². The molecule has 0 fully saturated rings. The summed E-state index contributed by atoms with van der Waals surface area (Å²) in [6, 6.07) is 5.52. The van der Waals surface area contributed by atoms with Crippen LogP contribution in [0.5, 0.6) is 0 Å². The first-order valence-corrected chi connectivity index (χ1v) is 6.96. The van der Waals surface area contributed by atoms with Crippen molar-refractivity contribution in [2.75, 3.05) is 5.32 Å². The Bertz CT molecular complexity index is 442. The Morgan fingerprint density at radius 1 is 1.29 bits per heavy atom. The second-order valence-electron chi connectivity index (χ2n) is 3.31. The average molecular weight is 275 g/mol. The molecule has 0 atom stereocenters. The second kappa shape index (κ2) is 6.07. The highest BCUT2D eigenvalue weighted by Crippen LogP contribution is 2.21. The van der Waals surface area contributed by atoms with Crippen LogP contribution in [0.25, 0.3) is 0 Å². The summed E-state index contributed by atoms with van der Waals surface area (Å²) in [4.78, 5) is 0. The van der Waals surface area contributed by atoms with Crippen LogP contribution >= 0.6 is 23.1 Å². The van der Waals surface area contributed by atoms with E-state index in [1.807, 2.05) is 16.8 Å². The third-order valence-corrected chi connectivity index (χ3v) is 3.44. The fourth-order valence-corrected chi connectivity index (χ4v) is 2.35. The Labute approximate surface area is 106 Å². The Hall–Kier alpha value is -1.01. The lowest BCUT2D eigenvalue weighted by Gasteiger charge is -2.00. The maximum atomic E-state index is 12.0. The maximum absolute atomic E-state index is 12.0. The van der Waals surface area contributed by atoms with Gasteiger partial charge in [-0.15, -0.1) is 0 Å². The first kappa shape index (κ1) is 12.4. The summed E-state index contributed by atoms with van der Waals surface area (Å²) < 4.78 is 29.4. The van der Waals surface area contributed by atoms with Crippen molar-refractivity contribution in [3.63, 3.8) is 0 Å². The standard InChI is InChI=1S/C11H11F2NOS2/c12-11(13)17-7-10-2-1-9(15-10)5-14-8-3-4-16-6-8/h1-4,6,11,14H,5,7H2. The molecule has 6 heteroatoms. The van der Waals surface area contributed by atoms with E-state index < -0.39 is 5.76 Å². The van der Waals surface area contributed by atoms with E-state index >= 15 is 0 Å². The fraction of sp³-hybridized carbons (Fsp3) is 0.273. The van der Waals surface area contributed by atoms with E-state index in [2.05, 4.69) is 5.32 Å². The van der Waals surface area contributed by atoms with Crippen molar-refractivity contribution < 1.29 is 13.2 Å². The molecule has 2 rings (SSSR count). The summed E-state index contributed by atoms with van der Waals surface area (Å²) in [5.41, 5.74) is 1.04. The number of hydrogen-bond acceptors (Lipinski definition) is 4. The second-order valence-corrected chi connectivity index (χ2v) is 5.06. The Kier molecular flexibility index (Phi) is 4.44. The van der Waals surface area contributed by atoms with Crippen molar-refractivity contribution in [3.8, 4) is 0 Å². The zero-order chi connectivity index (χ0) is 12.1. The molecule has 0 aliphatic heterocycles. The number of halogens is 2. The summed E-state index contributed by atoms with van der Waals surface area (Å²) in [5, 5.41) is 7.16. The molecule has 92 valence electrons. The number of thiophene rings is 1. The summed E-state index contributed by atoms with van der Waals surface area (Å²) in [7, 11) is 0. The number of nitrogens with one attached hydrogen (secondary N) is 1. The highest BCUT2D eigenvalue weighted by molar-refractivity contribution is 7.98. The molecule has 2 aromatic rings. The maximum Gasteiger partial charge on any atom is 0.284 e. The zero-order valence-corrected chi connectivity index (χ0v) is 10.5. The molecule has 0 aromatic carbocycles. The van der Waals surface area contributed by atoms with Crippen molar-refractivity contribution in [3.05, 3.63) is 40.5 Å². The number of anilines is 1. The van der Waals surface area contributed by atoms with Crippen LogP contribution in [0.3, 0.4) is 0 Å². The lowest BCUT2D eigenvalue weighted by Crippen LogP contribution is -1.96. The lowest BCUT2D eigenvalue weighted by molar-refractivity contribution is 0.251. The van der Waals surface area contributed by atoms with Gasteiger partial charge in [0.2, 0.25) is 0 Å². The Balaban J connectivity index is 1.81. The van der Waals surface area contributed by atoms with Gasteiger partial charge in [-0.3, -0.25) is 0 Å². The molecule has 2 nitrogen and oxygen atoms in total.